The summed E-state index contributed by atoms with van der Waals surface area (Å²) >= 11 is 6.42. The first kappa shape index (κ1) is 13.0. The Kier molecular flexibility index (Phi) is 5.28. The number of hydrogen-bond donors (Lipinski definition) is 1. The summed E-state index contributed by atoms with van der Waals surface area (Å²) in [5.41, 5.74) is 0.569. The summed E-state index contributed by atoms with van der Waals surface area (Å²) in [5.74, 6) is 1.39. The van der Waals surface area contributed by atoms with Gasteiger partial charge in [-0.3, -0.25) is 4.79 Å². The highest BCUT2D eigenvalue weighted by molar-refractivity contribution is 8.23. The van der Waals surface area contributed by atoms with Gasteiger partial charge in [-0.1, -0.05) is 30.9 Å². The molecule has 0 radical (unpaired) electrons. The van der Waals surface area contributed by atoms with Crippen LogP contribution in [0.3, 0.4) is 0 Å². The molecule has 0 saturated carbocycles. The number of carbonyl (C=O) groups is 1. The second-order valence-corrected chi connectivity index (χ2v) is 4.84. The summed E-state index contributed by atoms with van der Waals surface area (Å²) in [6, 6.07) is 6.89. The van der Waals surface area contributed by atoms with Gasteiger partial charge < -0.3 is 10.1 Å². The van der Waals surface area contributed by atoms with E-state index in [4.69, 9.17) is 17.0 Å². The second-order valence-electron chi connectivity index (χ2n) is 2.90. The number of nitrogens with one attached hydrogen (secondary N) is 1. The van der Waals surface area contributed by atoms with Crippen LogP contribution in [0.4, 0.5) is 0 Å². The number of ether oxygens (including phenoxy) is 1. The number of thioether (sulfide) groups is 1. The van der Waals surface area contributed by atoms with E-state index < -0.39 is 0 Å². The maximum atomic E-state index is 11.7. The molecule has 1 N–H and O–H groups in total. The van der Waals surface area contributed by atoms with Gasteiger partial charge in [0, 0.05) is 5.56 Å². The molecule has 3 nitrogen and oxygen atoms in total. The molecule has 0 saturated heterocycles. The predicted octanol–water partition coefficient (Wildman–Crippen LogP) is 2.46. The summed E-state index contributed by atoms with van der Waals surface area (Å²) in [6.07, 6.45) is 0. The molecule has 1 aromatic rings. The molecular weight excluding hydrogens is 242 g/mol. The molecule has 16 heavy (non-hydrogen) atoms. The topological polar surface area (TPSA) is 38.3 Å². The summed E-state index contributed by atoms with van der Waals surface area (Å²) in [5, 5.41) is 2.65. The lowest BCUT2D eigenvalue weighted by molar-refractivity contribution is 0.0978. The molecule has 0 atom stereocenters. The van der Waals surface area contributed by atoms with E-state index >= 15 is 0 Å². The predicted molar refractivity (Wildman–Crippen MR) is 71.2 cm³/mol. The third-order valence-electron chi connectivity index (χ3n) is 1.84. The van der Waals surface area contributed by atoms with Gasteiger partial charge in [-0.15, -0.1) is 0 Å². The van der Waals surface area contributed by atoms with E-state index in [0.29, 0.717) is 9.88 Å². The molecule has 0 heterocycles. The van der Waals surface area contributed by atoms with E-state index in [-0.39, 0.29) is 5.91 Å². The van der Waals surface area contributed by atoms with Crippen molar-refractivity contribution < 1.29 is 9.53 Å². The van der Waals surface area contributed by atoms with Crippen molar-refractivity contribution in [2.24, 2.45) is 0 Å². The largest absolute Gasteiger partial charge is 0.497 e. The van der Waals surface area contributed by atoms with Crippen LogP contribution >= 0.6 is 24.0 Å². The number of amides is 1. The van der Waals surface area contributed by atoms with E-state index in [2.05, 4.69) is 5.32 Å². The lowest BCUT2D eigenvalue weighted by Gasteiger charge is -2.05. The highest BCUT2D eigenvalue weighted by Gasteiger charge is 2.07. The summed E-state index contributed by atoms with van der Waals surface area (Å²) in [4.78, 5) is 11.7. The molecule has 0 aromatic heterocycles. The molecule has 0 aliphatic heterocycles. The molecule has 5 heteroatoms. The third kappa shape index (κ3) is 3.83. The highest BCUT2D eigenvalue weighted by Crippen LogP contribution is 2.11. The van der Waals surface area contributed by atoms with Gasteiger partial charge in [-0.2, -0.15) is 0 Å². The van der Waals surface area contributed by atoms with Gasteiger partial charge in [0.25, 0.3) is 5.91 Å². The van der Waals surface area contributed by atoms with Crippen molar-refractivity contribution in [3.05, 3.63) is 29.8 Å². The van der Waals surface area contributed by atoms with Crippen LogP contribution in [-0.2, 0) is 0 Å². The van der Waals surface area contributed by atoms with Gasteiger partial charge in [0.15, 0.2) is 0 Å². The number of thiocarbonyl (C=S) groups is 1. The average Bonchev–Trinajstić information content (AvgIpc) is 2.29. The first-order chi connectivity index (χ1) is 7.67. The maximum Gasteiger partial charge on any atom is 0.256 e. The third-order valence-corrected chi connectivity index (χ3v) is 2.95. The van der Waals surface area contributed by atoms with Crippen LogP contribution < -0.4 is 10.1 Å². The van der Waals surface area contributed by atoms with E-state index in [1.807, 2.05) is 6.92 Å². The number of rotatable bonds is 3. The molecule has 0 aliphatic rings. The minimum Gasteiger partial charge on any atom is -0.497 e. The molecule has 0 bridgehead atoms. The molecule has 0 aliphatic carbocycles. The molecule has 86 valence electrons. The minimum absolute atomic E-state index is 0.186. The Morgan fingerprint density at radius 3 is 2.56 bits per heavy atom. The monoisotopic (exact) mass is 255 g/mol. The number of carbonyl (C=O) groups excluding carboxylic acids is 1. The highest BCUT2D eigenvalue weighted by atomic mass is 32.2. The fourth-order valence-electron chi connectivity index (χ4n) is 1.07. The first-order valence-corrected chi connectivity index (χ1v) is 6.19. The Balaban J connectivity index is 2.62. The van der Waals surface area contributed by atoms with Crippen LogP contribution in [0.1, 0.15) is 17.3 Å². The van der Waals surface area contributed by atoms with Crippen molar-refractivity contribution in [3.8, 4) is 5.75 Å². The van der Waals surface area contributed by atoms with Crippen LogP contribution in [0.15, 0.2) is 24.3 Å². The number of benzene rings is 1. The Labute approximate surface area is 105 Å². The Morgan fingerprint density at radius 2 is 2.06 bits per heavy atom. The number of methoxy groups -OCH3 is 1. The lowest BCUT2D eigenvalue weighted by Crippen LogP contribution is -2.26. The van der Waals surface area contributed by atoms with Gasteiger partial charge in [0.1, 0.15) is 10.1 Å². The summed E-state index contributed by atoms with van der Waals surface area (Å²) in [7, 11) is 1.59. The van der Waals surface area contributed by atoms with Crippen molar-refractivity contribution in [3.63, 3.8) is 0 Å². The zero-order chi connectivity index (χ0) is 12.0. The lowest BCUT2D eigenvalue weighted by atomic mass is 10.2. The second kappa shape index (κ2) is 6.50. The van der Waals surface area contributed by atoms with Gasteiger partial charge in [-0.25, -0.2) is 0 Å². The Morgan fingerprint density at radius 1 is 1.44 bits per heavy atom. The van der Waals surface area contributed by atoms with Crippen molar-refractivity contribution in [1.29, 1.82) is 0 Å². The molecule has 0 unspecified atom stereocenters. The van der Waals surface area contributed by atoms with Crippen molar-refractivity contribution in [2.75, 3.05) is 12.9 Å². The van der Waals surface area contributed by atoms with Crippen LogP contribution in [0.5, 0.6) is 5.75 Å². The first-order valence-electron chi connectivity index (χ1n) is 4.79. The quantitative estimate of drug-likeness (QED) is 0.842. The fourth-order valence-corrected chi connectivity index (χ4v) is 1.95. The zero-order valence-corrected chi connectivity index (χ0v) is 10.8. The molecule has 1 aromatic carbocycles. The van der Waals surface area contributed by atoms with Crippen LogP contribution in [-0.4, -0.2) is 23.1 Å². The minimum atomic E-state index is -0.186. The van der Waals surface area contributed by atoms with Gasteiger partial charge in [-0.05, 0) is 30.0 Å². The van der Waals surface area contributed by atoms with E-state index in [0.717, 1.165) is 11.5 Å². The molecule has 1 amide bonds. The summed E-state index contributed by atoms with van der Waals surface area (Å²) in [6.45, 7) is 1.98. The molecule has 0 fully saturated rings. The van der Waals surface area contributed by atoms with E-state index in [1.165, 1.54) is 11.8 Å². The summed E-state index contributed by atoms with van der Waals surface area (Å²) < 4.78 is 5.51. The fraction of sp³-hybridized carbons (Fsp3) is 0.273. The van der Waals surface area contributed by atoms with Gasteiger partial charge in [0.05, 0.1) is 7.11 Å². The van der Waals surface area contributed by atoms with Gasteiger partial charge >= 0.3 is 0 Å². The number of hydrogen-bond acceptors (Lipinski definition) is 4. The van der Waals surface area contributed by atoms with Crippen molar-refractivity contribution >= 4 is 34.2 Å². The van der Waals surface area contributed by atoms with Gasteiger partial charge in [0.2, 0.25) is 0 Å². The van der Waals surface area contributed by atoms with Crippen LogP contribution in [0.25, 0.3) is 0 Å². The molecular formula is C11H13NO2S2. The smallest absolute Gasteiger partial charge is 0.256 e. The van der Waals surface area contributed by atoms with Crippen LogP contribution in [0, 0.1) is 0 Å². The zero-order valence-electron chi connectivity index (χ0n) is 9.15. The van der Waals surface area contributed by atoms with Crippen LogP contribution in [0.2, 0.25) is 0 Å². The average molecular weight is 255 g/mol. The SMILES string of the molecule is CCSC(=S)NC(=O)c1ccc(OC)cc1. The van der Waals surface area contributed by atoms with E-state index in [1.54, 1.807) is 31.4 Å². The van der Waals surface area contributed by atoms with Crippen molar-refractivity contribution in [1.82, 2.24) is 5.32 Å². The normalized spacial score (nSPS) is 9.62. The maximum absolute atomic E-state index is 11.7. The standard InChI is InChI=1S/C11H13NO2S2/c1-3-16-11(15)12-10(13)8-4-6-9(14-2)7-5-8/h4-7H,3H2,1-2H3,(H,12,13,15). The van der Waals surface area contributed by atoms with Crippen molar-refractivity contribution in [2.45, 2.75) is 6.92 Å². The molecule has 1 rings (SSSR count). The van der Waals surface area contributed by atoms with E-state index in [9.17, 15) is 4.79 Å². The molecule has 0 spiro atoms. The Bertz CT molecular complexity index is 376. The Hall–Kier alpha value is -1.07.